The van der Waals surface area contributed by atoms with Gasteiger partial charge in [0.1, 0.15) is 5.75 Å². The first-order chi connectivity index (χ1) is 17.3. The molecule has 5 nitrogen and oxygen atoms in total. The van der Waals surface area contributed by atoms with E-state index in [4.69, 9.17) is 27.9 Å². The zero-order chi connectivity index (χ0) is 25.7. The number of hydrogen-bond acceptors (Lipinski definition) is 4. The second-order valence-corrected chi connectivity index (χ2v) is 12.1. The van der Waals surface area contributed by atoms with Crippen molar-refractivity contribution in [3.63, 3.8) is 0 Å². The van der Waals surface area contributed by atoms with E-state index in [9.17, 15) is 13.2 Å². The molecule has 1 heterocycles. The molecule has 1 amide bonds. The van der Waals surface area contributed by atoms with Crippen molar-refractivity contribution in [3.8, 4) is 16.9 Å². The number of ether oxygens (including phenoxy) is 1. The number of hydrogen-bond donors (Lipinski definition) is 0. The van der Waals surface area contributed by atoms with Gasteiger partial charge in [-0.3, -0.25) is 4.79 Å². The summed E-state index contributed by atoms with van der Waals surface area (Å²) < 4.78 is 30.1. The van der Waals surface area contributed by atoms with Crippen LogP contribution in [-0.2, 0) is 16.4 Å². The summed E-state index contributed by atoms with van der Waals surface area (Å²) in [7, 11) is -3.16. The summed E-state index contributed by atoms with van der Waals surface area (Å²) in [5, 5.41) is 1.13. The van der Waals surface area contributed by atoms with E-state index < -0.39 is 9.84 Å². The Morgan fingerprint density at radius 1 is 1.03 bits per heavy atom. The molecule has 1 aliphatic rings. The van der Waals surface area contributed by atoms with Crippen LogP contribution < -0.4 is 4.74 Å². The van der Waals surface area contributed by atoms with Crippen molar-refractivity contribution in [3.05, 3.63) is 87.9 Å². The van der Waals surface area contributed by atoms with Gasteiger partial charge in [-0.1, -0.05) is 66.9 Å². The lowest BCUT2D eigenvalue weighted by molar-refractivity contribution is 0.0681. The van der Waals surface area contributed by atoms with Crippen LogP contribution in [0.2, 0.25) is 10.0 Å². The van der Waals surface area contributed by atoms with Crippen LogP contribution in [0.5, 0.6) is 5.75 Å². The lowest BCUT2D eigenvalue weighted by atomic mass is 10.0. The third-order valence-electron chi connectivity index (χ3n) is 6.33. The Labute approximate surface area is 222 Å². The largest absolute Gasteiger partial charge is 0.494 e. The van der Waals surface area contributed by atoms with E-state index in [-0.39, 0.29) is 23.5 Å². The van der Waals surface area contributed by atoms with Crippen LogP contribution in [-0.4, -0.2) is 43.4 Å². The lowest BCUT2D eigenvalue weighted by Crippen LogP contribution is -2.40. The number of sulfone groups is 1. The molecule has 1 atom stereocenters. The van der Waals surface area contributed by atoms with E-state index in [0.717, 1.165) is 29.5 Å². The minimum absolute atomic E-state index is 0.0184. The molecule has 1 saturated heterocycles. The summed E-state index contributed by atoms with van der Waals surface area (Å²) in [5.74, 6) is 0.600. The smallest absolute Gasteiger partial charge is 0.254 e. The Hall–Kier alpha value is -2.54. The molecule has 0 N–H and O–H groups in total. The molecule has 36 heavy (non-hydrogen) atoms. The van der Waals surface area contributed by atoms with Crippen LogP contribution in [0.1, 0.15) is 42.1 Å². The first kappa shape index (κ1) is 26.5. The van der Waals surface area contributed by atoms with E-state index >= 15 is 0 Å². The zero-order valence-corrected chi connectivity index (χ0v) is 22.5. The third-order valence-corrected chi connectivity index (χ3v) is 8.63. The lowest BCUT2D eigenvalue weighted by Gasteiger charge is -2.29. The number of unbranched alkanes of at least 4 members (excludes halogenated alkanes) is 1. The van der Waals surface area contributed by atoms with Gasteiger partial charge in [0.2, 0.25) is 0 Å². The van der Waals surface area contributed by atoms with Gasteiger partial charge in [-0.15, -0.1) is 0 Å². The van der Waals surface area contributed by atoms with Crippen molar-refractivity contribution in [1.29, 1.82) is 0 Å². The first-order valence-corrected chi connectivity index (χ1v) is 14.6. The summed E-state index contributed by atoms with van der Waals surface area (Å²) >= 11 is 12.4. The molecular weight excluding hydrogens is 517 g/mol. The van der Waals surface area contributed by atoms with Crippen LogP contribution >= 0.6 is 23.2 Å². The molecule has 8 heteroatoms. The highest BCUT2D eigenvalue weighted by Crippen LogP contribution is 2.31. The van der Waals surface area contributed by atoms with Crippen LogP contribution in [0.15, 0.2) is 66.7 Å². The average molecular weight is 547 g/mol. The fraction of sp³-hybridized carbons (Fsp3) is 0.321. The molecule has 3 aromatic carbocycles. The average Bonchev–Trinajstić information content (AvgIpc) is 3.22. The number of benzene rings is 3. The van der Waals surface area contributed by atoms with Gasteiger partial charge in [0.15, 0.2) is 9.84 Å². The molecule has 0 radical (unpaired) electrons. The molecule has 0 aromatic heterocycles. The molecule has 3 aromatic rings. The van der Waals surface area contributed by atoms with E-state index in [2.05, 4.69) is 6.92 Å². The summed E-state index contributed by atoms with van der Waals surface area (Å²) in [6.07, 6.45) is 2.45. The second kappa shape index (κ2) is 11.7. The van der Waals surface area contributed by atoms with Crippen molar-refractivity contribution in [2.75, 3.05) is 18.1 Å². The van der Waals surface area contributed by atoms with Crippen LogP contribution in [0, 0.1) is 0 Å². The highest BCUT2D eigenvalue weighted by atomic mass is 35.5. The maximum absolute atomic E-state index is 13.5. The highest BCUT2D eigenvalue weighted by Gasteiger charge is 2.35. The maximum Gasteiger partial charge on any atom is 0.254 e. The normalized spacial score (nSPS) is 16.6. The van der Waals surface area contributed by atoms with Crippen molar-refractivity contribution in [2.45, 2.75) is 38.8 Å². The molecule has 0 bridgehead atoms. The van der Waals surface area contributed by atoms with Crippen molar-refractivity contribution < 1.29 is 17.9 Å². The Balaban J connectivity index is 1.54. The predicted octanol–water partition coefficient (Wildman–Crippen LogP) is 6.67. The fourth-order valence-corrected chi connectivity index (χ4v) is 6.54. The van der Waals surface area contributed by atoms with Crippen LogP contribution in [0.3, 0.4) is 0 Å². The summed E-state index contributed by atoms with van der Waals surface area (Å²) in [5.41, 5.74) is 3.21. The standard InChI is InChI=1S/C28H29Cl2NO4S/c1-2-3-15-35-25-11-8-22(9-12-25)28(32)31(24-14-16-36(33,34)19-24)18-20-4-6-21(7-5-20)26-13-10-23(29)17-27(26)30/h4-13,17,24H,2-3,14-16,18-19H2,1H3. The van der Waals surface area contributed by atoms with Gasteiger partial charge >= 0.3 is 0 Å². The van der Waals surface area contributed by atoms with E-state index in [0.29, 0.717) is 40.9 Å². The van der Waals surface area contributed by atoms with Crippen molar-refractivity contribution >= 4 is 38.9 Å². The van der Waals surface area contributed by atoms with Gasteiger partial charge in [-0.2, -0.15) is 0 Å². The quantitative estimate of drug-likeness (QED) is 0.281. The fourth-order valence-electron chi connectivity index (χ4n) is 4.29. The minimum Gasteiger partial charge on any atom is -0.494 e. The molecule has 1 unspecified atom stereocenters. The summed E-state index contributed by atoms with van der Waals surface area (Å²) in [6, 6.07) is 19.8. The van der Waals surface area contributed by atoms with Crippen LogP contribution in [0.25, 0.3) is 11.1 Å². The van der Waals surface area contributed by atoms with Gasteiger partial charge in [0.25, 0.3) is 5.91 Å². The molecular formula is C28H29Cl2NO4S. The Morgan fingerprint density at radius 2 is 1.75 bits per heavy atom. The highest BCUT2D eigenvalue weighted by molar-refractivity contribution is 7.91. The Morgan fingerprint density at radius 3 is 2.36 bits per heavy atom. The maximum atomic E-state index is 13.5. The number of carbonyl (C=O) groups is 1. The van der Waals surface area contributed by atoms with Gasteiger partial charge in [0.05, 0.1) is 18.1 Å². The number of nitrogens with zero attached hydrogens (tertiary/aromatic N) is 1. The van der Waals surface area contributed by atoms with Gasteiger partial charge in [-0.05, 0) is 60.4 Å². The molecule has 1 fully saturated rings. The monoisotopic (exact) mass is 545 g/mol. The van der Waals surface area contributed by atoms with Gasteiger partial charge in [0, 0.05) is 33.8 Å². The third kappa shape index (κ3) is 6.61. The number of halogens is 2. The van der Waals surface area contributed by atoms with Gasteiger partial charge in [-0.25, -0.2) is 8.42 Å². The number of amides is 1. The molecule has 0 saturated carbocycles. The Kier molecular flexibility index (Phi) is 8.60. The predicted molar refractivity (Wildman–Crippen MR) is 146 cm³/mol. The van der Waals surface area contributed by atoms with E-state index in [1.807, 2.05) is 30.3 Å². The first-order valence-electron chi connectivity index (χ1n) is 12.0. The summed E-state index contributed by atoms with van der Waals surface area (Å²) in [4.78, 5) is 15.2. The summed E-state index contributed by atoms with van der Waals surface area (Å²) in [6.45, 7) is 3.04. The molecule has 4 rings (SSSR count). The van der Waals surface area contributed by atoms with E-state index in [1.165, 1.54) is 0 Å². The topological polar surface area (TPSA) is 63.7 Å². The van der Waals surface area contributed by atoms with Crippen LogP contribution in [0.4, 0.5) is 0 Å². The Bertz CT molecular complexity index is 1310. The van der Waals surface area contributed by atoms with E-state index in [1.54, 1.807) is 41.3 Å². The number of carbonyl (C=O) groups excluding carboxylic acids is 1. The second-order valence-electron chi connectivity index (χ2n) is 9.04. The minimum atomic E-state index is -3.16. The number of rotatable bonds is 9. The molecule has 0 spiro atoms. The SMILES string of the molecule is CCCCOc1ccc(C(=O)N(Cc2ccc(-c3ccc(Cl)cc3Cl)cc2)C2CCS(=O)(=O)C2)cc1. The van der Waals surface area contributed by atoms with Crippen molar-refractivity contribution in [1.82, 2.24) is 4.90 Å². The van der Waals surface area contributed by atoms with Crippen molar-refractivity contribution in [2.24, 2.45) is 0 Å². The zero-order valence-electron chi connectivity index (χ0n) is 20.1. The molecule has 0 aliphatic carbocycles. The molecule has 1 aliphatic heterocycles. The van der Waals surface area contributed by atoms with Gasteiger partial charge < -0.3 is 9.64 Å². The molecule has 190 valence electrons.